The minimum atomic E-state index is 0.525. The molecule has 3 nitrogen and oxygen atoms in total. The SMILES string of the molecule is Clc1ccc(-c2cnc(-c3cccnc3)[nH]2)cc1Cl. The highest BCUT2D eigenvalue weighted by atomic mass is 35.5. The van der Waals surface area contributed by atoms with Gasteiger partial charge in [0.2, 0.25) is 0 Å². The number of hydrogen-bond acceptors (Lipinski definition) is 2. The average Bonchev–Trinajstić information content (AvgIpc) is 2.93. The Hall–Kier alpha value is -1.84. The summed E-state index contributed by atoms with van der Waals surface area (Å²) >= 11 is 11.9. The molecule has 2 heterocycles. The summed E-state index contributed by atoms with van der Waals surface area (Å²) in [4.78, 5) is 11.7. The molecule has 3 rings (SSSR count). The van der Waals surface area contributed by atoms with Gasteiger partial charge in [-0.25, -0.2) is 4.98 Å². The summed E-state index contributed by atoms with van der Waals surface area (Å²) in [6.45, 7) is 0. The highest BCUT2D eigenvalue weighted by molar-refractivity contribution is 6.42. The van der Waals surface area contributed by atoms with Crippen LogP contribution in [0.5, 0.6) is 0 Å². The van der Waals surface area contributed by atoms with Crippen molar-refractivity contribution >= 4 is 23.2 Å². The fourth-order valence-corrected chi connectivity index (χ4v) is 2.08. The summed E-state index contributed by atoms with van der Waals surface area (Å²) in [5.74, 6) is 0.772. The Morgan fingerprint density at radius 1 is 0.947 bits per heavy atom. The lowest BCUT2D eigenvalue weighted by Gasteiger charge is -2.00. The zero-order chi connectivity index (χ0) is 13.2. The van der Waals surface area contributed by atoms with Crippen LogP contribution in [-0.2, 0) is 0 Å². The third-order valence-corrected chi connectivity index (χ3v) is 3.48. The second-order valence-corrected chi connectivity index (χ2v) is 4.83. The van der Waals surface area contributed by atoms with Crippen molar-refractivity contribution in [2.24, 2.45) is 0 Å². The minimum Gasteiger partial charge on any atom is -0.338 e. The number of aromatic nitrogens is 3. The van der Waals surface area contributed by atoms with E-state index in [1.165, 1.54) is 0 Å². The van der Waals surface area contributed by atoms with Crippen molar-refractivity contribution in [3.8, 4) is 22.6 Å². The van der Waals surface area contributed by atoms with E-state index >= 15 is 0 Å². The number of halogens is 2. The first-order chi connectivity index (χ1) is 9.24. The summed E-state index contributed by atoms with van der Waals surface area (Å²) < 4.78 is 0. The van der Waals surface area contributed by atoms with Crippen LogP contribution in [-0.4, -0.2) is 15.0 Å². The van der Waals surface area contributed by atoms with E-state index in [9.17, 15) is 0 Å². The number of pyridine rings is 1. The molecule has 0 radical (unpaired) electrons. The molecule has 5 heteroatoms. The molecule has 0 unspecified atom stereocenters. The highest BCUT2D eigenvalue weighted by Gasteiger charge is 2.07. The molecule has 0 saturated heterocycles. The summed E-state index contributed by atoms with van der Waals surface area (Å²) in [7, 11) is 0. The number of nitrogens with one attached hydrogen (secondary N) is 1. The number of benzene rings is 1. The molecular weight excluding hydrogens is 281 g/mol. The largest absolute Gasteiger partial charge is 0.338 e. The lowest BCUT2D eigenvalue weighted by Crippen LogP contribution is -1.82. The Kier molecular flexibility index (Phi) is 3.23. The maximum Gasteiger partial charge on any atom is 0.139 e. The predicted octanol–water partition coefficient (Wildman–Crippen LogP) is 4.45. The van der Waals surface area contributed by atoms with Crippen LogP contribution in [0, 0.1) is 0 Å². The van der Waals surface area contributed by atoms with Crippen molar-refractivity contribution in [3.05, 3.63) is 59.0 Å². The van der Waals surface area contributed by atoms with Crippen LogP contribution in [0.1, 0.15) is 0 Å². The molecule has 0 spiro atoms. The molecule has 1 N–H and O–H groups in total. The molecule has 0 bridgehead atoms. The molecule has 2 aromatic heterocycles. The van der Waals surface area contributed by atoms with Crippen molar-refractivity contribution in [2.75, 3.05) is 0 Å². The number of imidazole rings is 1. The van der Waals surface area contributed by atoms with Crippen molar-refractivity contribution in [1.29, 1.82) is 0 Å². The Bertz CT molecular complexity index is 708. The van der Waals surface area contributed by atoms with Gasteiger partial charge in [-0.05, 0) is 24.3 Å². The summed E-state index contributed by atoms with van der Waals surface area (Å²) in [6, 6.07) is 9.30. The zero-order valence-electron chi connectivity index (χ0n) is 9.77. The number of aromatic amines is 1. The molecule has 3 aromatic rings. The molecule has 0 aliphatic carbocycles. The number of rotatable bonds is 2. The zero-order valence-corrected chi connectivity index (χ0v) is 11.3. The summed E-state index contributed by atoms with van der Waals surface area (Å²) in [5, 5.41) is 1.06. The first-order valence-corrected chi connectivity index (χ1v) is 6.40. The van der Waals surface area contributed by atoms with E-state index in [0.29, 0.717) is 10.0 Å². The van der Waals surface area contributed by atoms with Gasteiger partial charge < -0.3 is 4.98 Å². The molecule has 19 heavy (non-hydrogen) atoms. The number of H-pyrrole nitrogens is 1. The second-order valence-electron chi connectivity index (χ2n) is 4.02. The molecule has 0 amide bonds. The molecule has 94 valence electrons. The molecule has 1 aromatic carbocycles. The van der Waals surface area contributed by atoms with Gasteiger partial charge in [0.25, 0.3) is 0 Å². The Morgan fingerprint density at radius 3 is 2.58 bits per heavy atom. The van der Waals surface area contributed by atoms with E-state index in [4.69, 9.17) is 23.2 Å². The Morgan fingerprint density at radius 2 is 1.84 bits per heavy atom. The van der Waals surface area contributed by atoms with E-state index in [2.05, 4.69) is 15.0 Å². The molecule has 0 fully saturated rings. The lowest BCUT2D eigenvalue weighted by molar-refractivity contribution is 1.26. The Balaban J connectivity index is 1.99. The number of nitrogens with zero attached hydrogens (tertiary/aromatic N) is 2. The molecule has 0 saturated carbocycles. The second kappa shape index (κ2) is 5.03. The normalized spacial score (nSPS) is 10.6. The first kappa shape index (κ1) is 12.2. The van der Waals surface area contributed by atoms with Gasteiger partial charge in [0.1, 0.15) is 5.82 Å². The van der Waals surface area contributed by atoms with E-state index < -0.39 is 0 Å². The van der Waals surface area contributed by atoms with Gasteiger partial charge in [-0.2, -0.15) is 0 Å². The molecular formula is C14H9Cl2N3. The van der Waals surface area contributed by atoms with Crippen molar-refractivity contribution in [2.45, 2.75) is 0 Å². The van der Waals surface area contributed by atoms with Gasteiger partial charge in [-0.3, -0.25) is 4.98 Å². The van der Waals surface area contributed by atoms with E-state index in [1.54, 1.807) is 24.7 Å². The first-order valence-electron chi connectivity index (χ1n) is 5.65. The predicted molar refractivity (Wildman–Crippen MR) is 77.3 cm³/mol. The van der Waals surface area contributed by atoms with Crippen LogP contribution in [0.2, 0.25) is 10.0 Å². The third kappa shape index (κ3) is 2.48. The highest BCUT2D eigenvalue weighted by Crippen LogP contribution is 2.28. The maximum atomic E-state index is 6.01. The fraction of sp³-hybridized carbons (Fsp3) is 0. The van der Waals surface area contributed by atoms with Crippen molar-refractivity contribution < 1.29 is 0 Å². The van der Waals surface area contributed by atoms with E-state index in [1.807, 2.05) is 24.3 Å². The average molecular weight is 290 g/mol. The van der Waals surface area contributed by atoms with Crippen LogP contribution >= 0.6 is 23.2 Å². The van der Waals surface area contributed by atoms with Crippen LogP contribution < -0.4 is 0 Å². The smallest absolute Gasteiger partial charge is 0.139 e. The van der Waals surface area contributed by atoms with E-state index in [0.717, 1.165) is 22.6 Å². The van der Waals surface area contributed by atoms with Gasteiger partial charge in [0, 0.05) is 23.5 Å². The monoisotopic (exact) mass is 289 g/mol. The third-order valence-electron chi connectivity index (χ3n) is 2.74. The quantitative estimate of drug-likeness (QED) is 0.757. The standard InChI is InChI=1S/C14H9Cl2N3/c15-11-4-3-9(6-12(11)16)13-8-18-14(19-13)10-2-1-5-17-7-10/h1-8H,(H,18,19). The topological polar surface area (TPSA) is 41.6 Å². The van der Waals surface area contributed by atoms with Gasteiger partial charge in [0.15, 0.2) is 0 Å². The minimum absolute atomic E-state index is 0.525. The van der Waals surface area contributed by atoms with Crippen molar-refractivity contribution in [3.63, 3.8) is 0 Å². The van der Waals surface area contributed by atoms with Crippen LogP contribution in [0.15, 0.2) is 48.9 Å². The Labute approximate surface area is 120 Å². The van der Waals surface area contributed by atoms with Crippen LogP contribution in [0.3, 0.4) is 0 Å². The molecule has 0 aliphatic rings. The fourth-order valence-electron chi connectivity index (χ4n) is 1.78. The van der Waals surface area contributed by atoms with Crippen LogP contribution in [0.25, 0.3) is 22.6 Å². The molecule has 0 aliphatic heterocycles. The number of hydrogen-bond donors (Lipinski definition) is 1. The van der Waals surface area contributed by atoms with Gasteiger partial charge >= 0.3 is 0 Å². The molecule has 0 atom stereocenters. The summed E-state index contributed by atoms with van der Waals surface area (Å²) in [6.07, 6.45) is 5.26. The maximum absolute atomic E-state index is 6.01. The van der Waals surface area contributed by atoms with Gasteiger partial charge in [-0.15, -0.1) is 0 Å². The van der Waals surface area contributed by atoms with Gasteiger partial charge in [-0.1, -0.05) is 29.3 Å². The lowest BCUT2D eigenvalue weighted by atomic mass is 10.2. The summed E-state index contributed by atoms with van der Waals surface area (Å²) in [5.41, 5.74) is 2.77. The van der Waals surface area contributed by atoms with Crippen LogP contribution in [0.4, 0.5) is 0 Å². The van der Waals surface area contributed by atoms with Crippen molar-refractivity contribution in [1.82, 2.24) is 15.0 Å². The van der Waals surface area contributed by atoms with Gasteiger partial charge in [0.05, 0.1) is 21.9 Å². The van der Waals surface area contributed by atoms with E-state index in [-0.39, 0.29) is 0 Å².